The topological polar surface area (TPSA) is 306 Å². The molecule has 9 atom stereocenters. The van der Waals surface area contributed by atoms with Crippen molar-refractivity contribution in [2.75, 3.05) is 25.6 Å². The summed E-state index contributed by atoms with van der Waals surface area (Å²) < 4.78 is 56.6. The van der Waals surface area contributed by atoms with Gasteiger partial charge in [0, 0.05) is 19.0 Å². The molecule has 0 radical (unpaired) electrons. The molecule has 8 N–H and O–H groups in total. The molecule has 20 nitrogen and oxygen atoms in total. The number of allylic oxidation sites excluding steroid dienone is 11. The van der Waals surface area contributed by atoms with Crippen LogP contribution in [0.5, 0.6) is 0 Å². The molecule has 1 aliphatic heterocycles. The Bertz CT molecular complexity index is 2060. The molecule has 74 heavy (non-hydrogen) atoms. The van der Waals surface area contributed by atoms with Gasteiger partial charge in [0.15, 0.2) is 12.3 Å². The lowest BCUT2D eigenvalue weighted by Gasteiger charge is -2.22. The smallest absolute Gasteiger partial charge is 0.462 e. The average molecular weight is 1090 g/mol. The highest BCUT2D eigenvalue weighted by Crippen LogP contribution is 2.60. The second kappa shape index (κ2) is 39.5. The Hall–Kier alpha value is -3.88. The van der Waals surface area contributed by atoms with Gasteiger partial charge in [-0.15, -0.1) is 0 Å². The van der Waals surface area contributed by atoms with Gasteiger partial charge in [-0.05, 0) is 89.5 Å². The number of nitrogens with two attached hydrogens (primary N) is 1. The molecule has 0 saturated carbocycles. The normalized spacial score (nSPS) is 20.3. The number of phosphoric ester groups is 2. The van der Waals surface area contributed by atoms with E-state index in [1.807, 2.05) is 18.2 Å². The molecule has 1 aromatic heterocycles. The molecular formula is C52H85N3O17P2. The highest BCUT2D eigenvalue weighted by Gasteiger charge is 2.46. The van der Waals surface area contributed by atoms with Crippen molar-refractivity contribution in [3.8, 4) is 0 Å². The van der Waals surface area contributed by atoms with Gasteiger partial charge < -0.3 is 50.2 Å². The molecule has 0 amide bonds. The van der Waals surface area contributed by atoms with Gasteiger partial charge in [-0.2, -0.15) is 9.29 Å². The summed E-state index contributed by atoms with van der Waals surface area (Å²) in [7, 11) is -11.0. The number of aliphatic hydroxyl groups is 4. The molecule has 0 bridgehead atoms. The number of carbonyl (C=O) groups is 2. The predicted molar refractivity (Wildman–Crippen MR) is 282 cm³/mol. The zero-order valence-corrected chi connectivity index (χ0v) is 45.1. The molecule has 2 rings (SSSR count). The highest BCUT2D eigenvalue weighted by molar-refractivity contribution is 7.61. The van der Waals surface area contributed by atoms with Crippen LogP contribution in [0.15, 0.2) is 90.0 Å². The molecule has 1 fully saturated rings. The summed E-state index contributed by atoms with van der Waals surface area (Å²) in [5, 5.41) is 41.9. The number of unbranched alkanes of at least 4 members (excludes halogenated alkanes) is 10. The number of phosphoric acid groups is 2. The number of aliphatic hydroxyl groups excluding tert-OH is 4. The first-order valence-corrected chi connectivity index (χ1v) is 29.1. The van der Waals surface area contributed by atoms with Crippen molar-refractivity contribution in [3.63, 3.8) is 0 Å². The van der Waals surface area contributed by atoms with E-state index in [9.17, 15) is 53.7 Å². The number of hydrogen-bond donors (Lipinski definition) is 7. The number of anilines is 1. The fraction of sp³-hybridized carbons (Fsp3) is 0.654. The lowest BCUT2D eigenvalue weighted by Crippen LogP contribution is -2.36. The van der Waals surface area contributed by atoms with Crippen molar-refractivity contribution < 1.29 is 76.5 Å². The van der Waals surface area contributed by atoms with Crippen LogP contribution in [0, 0.1) is 0 Å². The van der Waals surface area contributed by atoms with E-state index in [-0.39, 0.29) is 37.9 Å². The third kappa shape index (κ3) is 31.2. The molecule has 1 aliphatic rings. The molecule has 0 aromatic carbocycles. The number of ether oxygens (including phenoxy) is 3. The van der Waals surface area contributed by atoms with Gasteiger partial charge in [-0.3, -0.25) is 23.2 Å². The van der Waals surface area contributed by atoms with Crippen molar-refractivity contribution in [2.24, 2.45) is 0 Å². The first kappa shape index (κ1) is 66.2. The molecule has 22 heteroatoms. The average Bonchev–Trinajstić information content (AvgIpc) is 3.63. The SMILES string of the molecule is CC/C=C\C/C=C\C/C=C\C/C=C\C[C@@H](O)[C@H](O)CCCC(=O)O[C@H](COC(=O)CCCCCCCCC/C=C\C/C=C\CCCCC)COP(=O)(O)OP(=O)(O)OC[C@H]1O[C@@H](n2ccc(N)nc2=O)[C@H](O)[C@@H]1O. The maximum atomic E-state index is 12.9. The Morgan fingerprint density at radius 3 is 1.89 bits per heavy atom. The van der Waals surface area contributed by atoms with Crippen LogP contribution in [-0.4, -0.2) is 108 Å². The van der Waals surface area contributed by atoms with Crippen LogP contribution in [-0.2, 0) is 46.3 Å². The third-order valence-electron chi connectivity index (χ3n) is 11.5. The van der Waals surface area contributed by atoms with Gasteiger partial charge in [0.1, 0.15) is 30.7 Å². The Balaban J connectivity index is 1.87. The van der Waals surface area contributed by atoms with E-state index in [0.717, 1.165) is 87.8 Å². The van der Waals surface area contributed by atoms with Gasteiger partial charge in [-0.25, -0.2) is 13.9 Å². The van der Waals surface area contributed by atoms with Crippen LogP contribution in [0.4, 0.5) is 5.82 Å². The minimum atomic E-state index is -5.51. The van der Waals surface area contributed by atoms with Crippen molar-refractivity contribution in [3.05, 3.63) is 95.7 Å². The summed E-state index contributed by atoms with van der Waals surface area (Å²) >= 11 is 0. The van der Waals surface area contributed by atoms with Crippen LogP contribution >= 0.6 is 15.6 Å². The Morgan fingerprint density at radius 1 is 0.716 bits per heavy atom. The molecule has 1 saturated heterocycles. The summed E-state index contributed by atoms with van der Waals surface area (Å²) in [5.74, 6) is -1.61. The fourth-order valence-electron chi connectivity index (χ4n) is 7.31. The van der Waals surface area contributed by atoms with Crippen LogP contribution in [0.25, 0.3) is 0 Å². The standard InChI is InChI=1S/C52H85N3O17P2/c1-3-5-7-9-11-13-15-17-18-19-20-21-23-25-27-29-31-35-47(58)67-39-42(70-48(59)36-32-34-44(57)43(56)33-30-28-26-24-22-16-14-12-10-8-6-4-2)40-68-73(63,64)72-74(65,66)69-41-45-49(60)50(61)51(71-45)55-38-37-46(53)54-52(55)62/h6,8,11-14,17-18,22,24,28,30,37-38,42-45,49-51,56-57,60-61H,3-5,7,9-10,15-16,19-21,23,25-27,29,31-36,39-41H2,1-2H3,(H,63,64)(H,65,66)(H2,53,54,62)/b8-6-,13-11-,14-12-,18-17-,24-22-,30-28-/t42-,43-,44-,45-,49-,50-,51-/m1/s1. The summed E-state index contributed by atoms with van der Waals surface area (Å²) in [6, 6.07) is 1.23. The summed E-state index contributed by atoms with van der Waals surface area (Å²) in [6.45, 7) is 1.72. The minimum absolute atomic E-state index is 0.0275. The van der Waals surface area contributed by atoms with Gasteiger partial charge in [-0.1, -0.05) is 132 Å². The van der Waals surface area contributed by atoms with Crippen molar-refractivity contribution in [1.29, 1.82) is 0 Å². The molecule has 420 valence electrons. The van der Waals surface area contributed by atoms with E-state index < -0.39 is 95.9 Å². The molecule has 2 unspecified atom stereocenters. The predicted octanol–water partition coefficient (Wildman–Crippen LogP) is 8.83. The summed E-state index contributed by atoms with van der Waals surface area (Å²) in [5.41, 5.74) is 4.56. The quantitative estimate of drug-likeness (QED) is 0.0139. The number of aromatic nitrogens is 2. The number of rotatable bonds is 42. The molecule has 1 aromatic rings. The van der Waals surface area contributed by atoms with Crippen LogP contribution < -0.4 is 11.4 Å². The molecule has 0 spiro atoms. The van der Waals surface area contributed by atoms with Gasteiger partial charge in [0.25, 0.3) is 0 Å². The number of hydrogen-bond acceptors (Lipinski definition) is 17. The summed E-state index contributed by atoms with van der Waals surface area (Å²) in [4.78, 5) is 62.0. The zero-order chi connectivity index (χ0) is 54.5. The first-order valence-electron chi connectivity index (χ1n) is 26.1. The van der Waals surface area contributed by atoms with Crippen molar-refractivity contribution in [1.82, 2.24) is 9.55 Å². The molecule has 2 heterocycles. The second-order valence-corrected chi connectivity index (χ2v) is 21.0. The Kier molecular flexibility index (Phi) is 35.3. The van der Waals surface area contributed by atoms with Crippen molar-refractivity contribution >= 4 is 33.4 Å². The maximum Gasteiger partial charge on any atom is 0.481 e. The minimum Gasteiger partial charge on any atom is -0.462 e. The lowest BCUT2D eigenvalue weighted by atomic mass is 10.0. The van der Waals surface area contributed by atoms with Gasteiger partial charge >= 0.3 is 33.3 Å². The number of nitrogens with zero attached hydrogens (tertiary/aromatic N) is 2. The maximum absolute atomic E-state index is 12.9. The number of nitrogen functional groups attached to an aromatic ring is 1. The van der Waals surface area contributed by atoms with E-state index >= 15 is 0 Å². The first-order chi connectivity index (χ1) is 35.5. The van der Waals surface area contributed by atoms with E-state index in [1.165, 1.54) is 25.3 Å². The zero-order valence-electron chi connectivity index (χ0n) is 43.3. The highest BCUT2D eigenvalue weighted by atomic mass is 31.3. The van der Waals surface area contributed by atoms with Crippen LogP contribution in [0.2, 0.25) is 0 Å². The van der Waals surface area contributed by atoms with E-state index in [0.29, 0.717) is 12.8 Å². The Labute approximate surface area is 437 Å². The van der Waals surface area contributed by atoms with Crippen LogP contribution in [0.1, 0.15) is 161 Å². The largest absolute Gasteiger partial charge is 0.481 e. The number of esters is 2. The second-order valence-electron chi connectivity index (χ2n) is 17.9. The Morgan fingerprint density at radius 2 is 1.27 bits per heavy atom. The van der Waals surface area contributed by atoms with Crippen LogP contribution in [0.3, 0.4) is 0 Å². The van der Waals surface area contributed by atoms with E-state index in [2.05, 4.69) is 71.8 Å². The molecule has 0 aliphatic carbocycles. The monoisotopic (exact) mass is 1090 g/mol. The van der Waals surface area contributed by atoms with E-state index in [1.54, 1.807) is 6.08 Å². The fourth-order valence-corrected chi connectivity index (χ4v) is 9.42. The molecular weight excluding hydrogens is 1000 g/mol. The lowest BCUT2D eigenvalue weighted by molar-refractivity contribution is -0.161. The third-order valence-corrected chi connectivity index (χ3v) is 14.1. The summed E-state index contributed by atoms with van der Waals surface area (Å²) in [6.07, 6.45) is 32.7. The van der Waals surface area contributed by atoms with Gasteiger partial charge in [0.2, 0.25) is 0 Å². The van der Waals surface area contributed by atoms with E-state index in [4.69, 9.17) is 29.0 Å². The van der Waals surface area contributed by atoms with Crippen molar-refractivity contribution in [2.45, 2.75) is 198 Å². The van der Waals surface area contributed by atoms with Gasteiger partial charge in [0.05, 0.1) is 25.4 Å². The number of carbonyl (C=O) groups excluding carboxylic acids is 2.